The predicted molar refractivity (Wildman–Crippen MR) is 112 cm³/mol. The summed E-state index contributed by atoms with van der Waals surface area (Å²) in [4.78, 5) is 38.3. The summed E-state index contributed by atoms with van der Waals surface area (Å²) in [5.41, 5.74) is 7.83. The quantitative estimate of drug-likeness (QED) is 0.672. The van der Waals surface area contributed by atoms with Crippen molar-refractivity contribution in [3.63, 3.8) is 0 Å². The molecule has 0 unspecified atom stereocenters. The maximum absolute atomic E-state index is 12.2. The van der Waals surface area contributed by atoms with Crippen LogP contribution >= 0.6 is 11.3 Å². The maximum Gasteiger partial charge on any atom is 0.271 e. The average Bonchev–Trinajstić information content (AvgIpc) is 3.13. The van der Waals surface area contributed by atoms with E-state index in [0.717, 1.165) is 47.2 Å². The first-order valence-corrected chi connectivity index (χ1v) is 10.6. The average molecular weight is 410 g/mol. The third kappa shape index (κ3) is 4.12. The lowest BCUT2D eigenvalue weighted by molar-refractivity contribution is 0.0935. The van der Waals surface area contributed by atoms with Crippen molar-refractivity contribution in [2.24, 2.45) is 11.7 Å². The lowest BCUT2D eigenvalue weighted by atomic mass is 9.78. The van der Waals surface area contributed by atoms with Crippen LogP contribution < -0.4 is 11.1 Å². The van der Waals surface area contributed by atoms with Gasteiger partial charge >= 0.3 is 0 Å². The molecule has 1 fully saturated rings. The molecule has 4 rings (SSSR count). The van der Waals surface area contributed by atoms with Crippen LogP contribution in [0.2, 0.25) is 0 Å². The zero-order valence-electron chi connectivity index (χ0n) is 16.2. The highest BCUT2D eigenvalue weighted by Gasteiger charge is 2.29. The van der Waals surface area contributed by atoms with Gasteiger partial charge in [0.05, 0.1) is 16.8 Å². The second-order valence-corrected chi connectivity index (χ2v) is 8.53. The molecule has 0 radical (unpaired) electrons. The molecule has 1 saturated carbocycles. The molecule has 0 aromatic carbocycles. The Morgan fingerprint density at radius 1 is 1.17 bits per heavy atom. The standard InChI is InChI=1S/C21H23N5O2S/c1-12-9-25-16(11-24-12)20(28)26-10-13-4-6-14(7-5-13)17-15-3-2-8-23-21(15)29-18(17)19(22)27/h2-3,8-9,11,13-14H,4-7,10H2,1H3,(H2,22,27)(H,26,28). The van der Waals surface area contributed by atoms with Gasteiger partial charge in [0, 0.05) is 24.3 Å². The molecule has 3 heterocycles. The number of nitrogens with zero attached hydrogens (tertiary/aromatic N) is 3. The van der Waals surface area contributed by atoms with Gasteiger partial charge in [-0.3, -0.25) is 14.6 Å². The van der Waals surface area contributed by atoms with Crippen LogP contribution in [0.25, 0.3) is 10.2 Å². The molecule has 2 amide bonds. The molecule has 0 bridgehead atoms. The number of hydrogen-bond acceptors (Lipinski definition) is 6. The molecule has 29 heavy (non-hydrogen) atoms. The Morgan fingerprint density at radius 2 is 1.97 bits per heavy atom. The monoisotopic (exact) mass is 409 g/mol. The van der Waals surface area contributed by atoms with Crippen molar-refractivity contribution >= 4 is 33.4 Å². The Labute approximate surface area is 172 Å². The molecular weight excluding hydrogens is 386 g/mol. The molecule has 3 N–H and O–H groups in total. The largest absolute Gasteiger partial charge is 0.365 e. The normalized spacial score (nSPS) is 19.2. The van der Waals surface area contributed by atoms with E-state index in [9.17, 15) is 9.59 Å². The Hall–Kier alpha value is -2.87. The summed E-state index contributed by atoms with van der Waals surface area (Å²) in [5, 5.41) is 4.02. The van der Waals surface area contributed by atoms with Crippen LogP contribution in [0.15, 0.2) is 30.7 Å². The summed E-state index contributed by atoms with van der Waals surface area (Å²) in [6.07, 6.45) is 8.74. The van der Waals surface area contributed by atoms with Gasteiger partial charge in [0.2, 0.25) is 0 Å². The van der Waals surface area contributed by atoms with Gasteiger partial charge in [-0.1, -0.05) is 6.07 Å². The van der Waals surface area contributed by atoms with Gasteiger partial charge < -0.3 is 11.1 Å². The first-order valence-electron chi connectivity index (χ1n) is 9.77. The molecule has 1 aliphatic rings. The van der Waals surface area contributed by atoms with E-state index in [2.05, 4.69) is 20.3 Å². The summed E-state index contributed by atoms with van der Waals surface area (Å²) in [7, 11) is 0. The van der Waals surface area contributed by atoms with Crippen molar-refractivity contribution in [3.05, 3.63) is 52.6 Å². The Morgan fingerprint density at radius 3 is 2.66 bits per heavy atom. The predicted octanol–water partition coefficient (Wildman–Crippen LogP) is 3.20. The fraction of sp³-hybridized carbons (Fsp3) is 0.381. The van der Waals surface area contributed by atoms with Gasteiger partial charge in [-0.25, -0.2) is 9.97 Å². The van der Waals surface area contributed by atoms with Crippen LogP contribution in [0.3, 0.4) is 0 Å². The third-order valence-electron chi connectivity index (χ3n) is 5.55. The van der Waals surface area contributed by atoms with Gasteiger partial charge in [-0.05, 0) is 56.1 Å². The number of carbonyl (C=O) groups is 2. The number of aromatic nitrogens is 3. The fourth-order valence-corrected chi connectivity index (χ4v) is 5.11. The summed E-state index contributed by atoms with van der Waals surface area (Å²) in [6, 6.07) is 3.92. The van der Waals surface area contributed by atoms with Crippen molar-refractivity contribution in [2.75, 3.05) is 6.54 Å². The molecule has 150 valence electrons. The van der Waals surface area contributed by atoms with E-state index in [4.69, 9.17) is 5.73 Å². The number of nitrogens with two attached hydrogens (primary N) is 1. The Balaban J connectivity index is 1.39. The van der Waals surface area contributed by atoms with Crippen LogP contribution in [0.5, 0.6) is 0 Å². The van der Waals surface area contributed by atoms with Crippen LogP contribution in [0.1, 0.15) is 63.0 Å². The van der Waals surface area contributed by atoms with Crippen LogP contribution in [-0.4, -0.2) is 33.3 Å². The SMILES string of the molecule is Cc1cnc(C(=O)NCC2CCC(c3c(C(N)=O)sc4ncccc34)CC2)cn1. The van der Waals surface area contributed by atoms with Crippen molar-refractivity contribution < 1.29 is 9.59 Å². The van der Waals surface area contributed by atoms with Crippen molar-refractivity contribution in [1.82, 2.24) is 20.3 Å². The van der Waals surface area contributed by atoms with Gasteiger partial charge in [-0.15, -0.1) is 11.3 Å². The minimum Gasteiger partial charge on any atom is -0.365 e. The fourth-order valence-electron chi connectivity index (χ4n) is 4.03. The Kier molecular flexibility index (Phi) is 5.53. The summed E-state index contributed by atoms with van der Waals surface area (Å²) >= 11 is 1.38. The summed E-state index contributed by atoms with van der Waals surface area (Å²) in [6.45, 7) is 2.46. The van der Waals surface area contributed by atoms with E-state index in [1.165, 1.54) is 17.5 Å². The van der Waals surface area contributed by atoms with E-state index in [0.29, 0.717) is 29.0 Å². The molecule has 0 saturated heterocycles. The number of amides is 2. The van der Waals surface area contributed by atoms with Crippen molar-refractivity contribution in [2.45, 2.75) is 38.5 Å². The lowest BCUT2D eigenvalue weighted by Gasteiger charge is -2.29. The van der Waals surface area contributed by atoms with E-state index < -0.39 is 0 Å². The summed E-state index contributed by atoms with van der Waals surface area (Å²) < 4.78 is 0. The first kappa shape index (κ1) is 19.4. The zero-order valence-corrected chi connectivity index (χ0v) is 17.0. The molecule has 0 atom stereocenters. The highest BCUT2D eigenvalue weighted by atomic mass is 32.1. The van der Waals surface area contributed by atoms with Crippen LogP contribution in [0.4, 0.5) is 0 Å². The van der Waals surface area contributed by atoms with Gasteiger partial charge in [0.25, 0.3) is 11.8 Å². The number of carbonyl (C=O) groups excluding carboxylic acids is 2. The van der Waals surface area contributed by atoms with Crippen molar-refractivity contribution in [1.29, 1.82) is 0 Å². The number of nitrogens with one attached hydrogen (secondary N) is 1. The first-order chi connectivity index (χ1) is 14.0. The molecule has 8 heteroatoms. The van der Waals surface area contributed by atoms with E-state index >= 15 is 0 Å². The van der Waals surface area contributed by atoms with Crippen molar-refractivity contribution in [3.8, 4) is 0 Å². The molecule has 0 aliphatic heterocycles. The second kappa shape index (κ2) is 8.24. The zero-order chi connectivity index (χ0) is 20.4. The minimum absolute atomic E-state index is 0.189. The second-order valence-electron chi connectivity index (χ2n) is 7.54. The van der Waals surface area contributed by atoms with Gasteiger partial charge in [0.15, 0.2) is 0 Å². The number of thiophene rings is 1. The lowest BCUT2D eigenvalue weighted by Crippen LogP contribution is -2.31. The molecule has 7 nitrogen and oxygen atoms in total. The maximum atomic E-state index is 12.2. The van der Waals surface area contributed by atoms with Crippen LogP contribution in [-0.2, 0) is 0 Å². The number of pyridine rings is 1. The number of primary amides is 1. The highest BCUT2D eigenvalue weighted by molar-refractivity contribution is 7.20. The number of hydrogen-bond donors (Lipinski definition) is 2. The molecule has 3 aromatic rings. The van der Waals surface area contributed by atoms with Gasteiger partial charge in [-0.2, -0.15) is 0 Å². The number of fused-ring (bicyclic) bond motifs is 1. The highest BCUT2D eigenvalue weighted by Crippen LogP contribution is 2.42. The summed E-state index contributed by atoms with van der Waals surface area (Å²) in [5.74, 6) is 0.140. The van der Waals surface area contributed by atoms with E-state index in [1.807, 2.05) is 19.1 Å². The third-order valence-corrected chi connectivity index (χ3v) is 6.69. The molecule has 3 aromatic heterocycles. The van der Waals surface area contributed by atoms with E-state index in [-0.39, 0.29) is 11.8 Å². The number of rotatable bonds is 5. The molecular formula is C21H23N5O2S. The molecule has 1 aliphatic carbocycles. The molecule has 0 spiro atoms. The van der Waals surface area contributed by atoms with Crippen LogP contribution in [0, 0.1) is 12.8 Å². The number of aryl methyl sites for hydroxylation is 1. The Bertz CT molecular complexity index is 1040. The topological polar surface area (TPSA) is 111 Å². The minimum atomic E-state index is -0.378. The van der Waals surface area contributed by atoms with Gasteiger partial charge in [0.1, 0.15) is 10.5 Å². The smallest absolute Gasteiger partial charge is 0.271 e. The van der Waals surface area contributed by atoms with E-state index in [1.54, 1.807) is 12.4 Å².